The largest absolute Gasteiger partial charge is 0.449 e. The summed E-state index contributed by atoms with van der Waals surface area (Å²) in [5, 5.41) is 22.2. The lowest BCUT2D eigenvalue weighted by atomic mass is 9.98. The number of carbonyl (C=O) groups is 4. The van der Waals surface area contributed by atoms with E-state index in [1.54, 1.807) is 24.4 Å². The van der Waals surface area contributed by atoms with Gasteiger partial charge < -0.3 is 36.5 Å². The molecule has 84 heavy (non-hydrogen) atoms. The molecule has 426 valence electrons. The molecule has 2 aliphatic heterocycles. The number of rotatable bonds is 17. The van der Waals surface area contributed by atoms with Gasteiger partial charge in [-0.15, -0.1) is 0 Å². The van der Waals surface area contributed by atoms with Crippen LogP contribution in [0.1, 0.15) is 88.4 Å². The zero-order valence-electron chi connectivity index (χ0n) is 46.3. The van der Waals surface area contributed by atoms with Gasteiger partial charge >= 0.3 is 12.2 Å². The number of nitrogens with two attached hydrogens (primary N) is 1. The van der Waals surface area contributed by atoms with Crippen molar-refractivity contribution >= 4 is 35.4 Å². The summed E-state index contributed by atoms with van der Waals surface area (Å²) in [5.41, 5.74) is 23.3. The van der Waals surface area contributed by atoms with Gasteiger partial charge in [0.05, 0.1) is 16.8 Å². The third-order valence-corrected chi connectivity index (χ3v) is 15.7. The van der Waals surface area contributed by atoms with Gasteiger partial charge in [-0.25, -0.2) is 9.59 Å². The minimum absolute atomic E-state index is 0.00412. The second-order valence-electron chi connectivity index (χ2n) is 21.3. The van der Waals surface area contributed by atoms with Crippen molar-refractivity contribution in [1.82, 2.24) is 41.0 Å². The van der Waals surface area contributed by atoms with Crippen molar-refractivity contribution in [1.29, 1.82) is 0 Å². The van der Waals surface area contributed by atoms with Gasteiger partial charge in [0.2, 0.25) is 0 Å². The molecule has 0 fully saturated rings. The van der Waals surface area contributed by atoms with Gasteiger partial charge in [0.1, 0.15) is 19.4 Å². The number of alkyl carbamates (subject to hydrolysis) is 2. The van der Waals surface area contributed by atoms with Crippen LogP contribution in [0.15, 0.2) is 170 Å². The summed E-state index contributed by atoms with van der Waals surface area (Å²) in [6, 6.07) is 51.4. The second kappa shape index (κ2) is 26.0. The molecule has 4 amide bonds. The van der Waals surface area contributed by atoms with Crippen molar-refractivity contribution in [2.45, 2.75) is 50.9 Å². The molecule has 0 unspecified atom stereocenters. The fourth-order valence-electron chi connectivity index (χ4n) is 11.6. The molecule has 4 aliphatic rings. The molecule has 0 atom stereocenters. The standard InChI is InChI=1S/C33H31N5O5.C33H33N5O3/c39-32(23-11-9-22(10-12-23)19-37-16-13-31-24(20-37)17-25(18-36-31)38(41)42)34-14-15-35-33(40)43-21-30-28-7-3-1-5-26(28)27-6-2-4-8-29(27)30;34-25-17-24-20-38(16-13-31(24)37-18-25)19-22-9-11-23(12-10-22)32(39)35-14-15-36-33(40)41-21-30-28-7-3-1-5-26(28)27-6-2-4-8-29(27)30/h1-12,17-18,30H,13-16,19-21H2,(H,34,39)(H,35,40);1-12,17-18,30H,13-16,19-21,34H2,(H,35,39)(H,36,40). The Morgan fingerprint density at radius 3 is 1.32 bits per heavy atom. The Hall–Kier alpha value is -9.78. The lowest BCUT2D eigenvalue weighted by molar-refractivity contribution is -0.385. The van der Waals surface area contributed by atoms with Crippen LogP contribution in [0.5, 0.6) is 0 Å². The molecule has 4 heterocycles. The predicted molar refractivity (Wildman–Crippen MR) is 319 cm³/mol. The van der Waals surface area contributed by atoms with Crippen molar-refractivity contribution in [3.63, 3.8) is 0 Å². The minimum atomic E-state index is -0.522. The summed E-state index contributed by atoms with van der Waals surface area (Å²) in [4.78, 5) is 73.9. The van der Waals surface area contributed by atoms with Crippen LogP contribution in [0.25, 0.3) is 22.3 Å². The third kappa shape index (κ3) is 13.3. The summed E-state index contributed by atoms with van der Waals surface area (Å²) in [7, 11) is 0. The number of nitrogens with zero attached hydrogens (tertiary/aromatic N) is 5. The highest BCUT2D eigenvalue weighted by Gasteiger charge is 2.31. The quantitative estimate of drug-likeness (QED) is 0.0325. The molecule has 2 aliphatic carbocycles. The lowest BCUT2D eigenvalue weighted by Gasteiger charge is -2.28. The van der Waals surface area contributed by atoms with E-state index in [1.807, 2.05) is 91.0 Å². The van der Waals surface area contributed by atoms with E-state index >= 15 is 0 Å². The number of pyridine rings is 2. The number of nitro groups is 1. The van der Waals surface area contributed by atoms with E-state index in [9.17, 15) is 29.3 Å². The highest BCUT2D eigenvalue weighted by atomic mass is 16.6. The van der Waals surface area contributed by atoms with E-state index in [4.69, 9.17) is 15.2 Å². The number of nitrogens with one attached hydrogen (secondary N) is 4. The van der Waals surface area contributed by atoms with Gasteiger partial charge in [-0.05, 0) is 97.1 Å². The Bertz CT molecular complexity index is 3640. The number of carbonyl (C=O) groups excluding carboxylic acids is 4. The van der Waals surface area contributed by atoms with E-state index in [0.717, 1.165) is 78.2 Å². The second-order valence-corrected chi connectivity index (χ2v) is 21.3. The Balaban J connectivity index is 0.000000176. The van der Waals surface area contributed by atoms with E-state index in [-0.39, 0.29) is 62.2 Å². The normalized spacial score (nSPS) is 14.0. The molecule has 18 heteroatoms. The van der Waals surface area contributed by atoms with E-state index in [1.165, 1.54) is 45.1 Å². The molecule has 12 rings (SSSR count). The van der Waals surface area contributed by atoms with Crippen LogP contribution >= 0.6 is 0 Å². The Morgan fingerprint density at radius 2 is 0.905 bits per heavy atom. The number of fused-ring (bicyclic) bond motifs is 8. The highest BCUT2D eigenvalue weighted by Crippen LogP contribution is 2.46. The fraction of sp³-hybridized carbons (Fsp3) is 0.242. The highest BCUT2D eigenvalue weighted by molar-refractivity contribution is 5.94. The first-order valence-corrected chi connectivity index (χ1v) is 28.2. The van der Waals surface area contributed by atoms with Gasteiger partial charge in [-0.3, -0.25) is 39.5 Å². The van der Waals surface area contributed by atoms with Crippen molar-refractivity contribution in [3.05, 3.63) is 247 Å². The van der Waals surface area contributed by atoms with Crippen molar-refractivity contribution < 1.29 is 33.6 Å². The SMILES string of the molecule is Nc1cnc2c(c1)CN(Cc1ccc(C(=O)NCCNC(=O)OCC3c4ccccc4-c4ccccc43)cc1)CC2.O=C(NCCNC(=O)c1ccc(CN2CCc3ncc([N+](=O)[O-])cc3C2)cc1)OCC1c2ccccc2-c2ccccc21. The van der Waals surface area contributed by atoms with Gasteiger partial charge in [-0.1, -0.05) is 121 Å². The maximum Gasteiger partial charge on any atom is 0.407 e. The molecule has 0 bridgehead atoms. The summed E-state index contributed by atoms with van der Waals surface area (Å²) in [6.07, 6.45) is 3.65. The van der Waals surface area contributed by atoms with E-state index in [0.29, 0.717) is 36.4 Å². The van der Waals surface area contributed by atoms with Crippen LogP contribution in [-0.2, 0) is 48.5 Å². The van der Waals surface area contributed by atoms with Crippen LogP contribution < -0.4 is 27.0 Å². The lowest BCUT2D eigenvalue weighted by Crippen LogP contribution is -2.35. The van der Waals surface area contributed by atoms with Crippen LogP contribution in [0.4, 0.5) is 21.0 Å². The average molecular weight is 1130 g/mol. The molecule has 6 aromatic carbocycles. The van der Waals surface area contributed by atoms with Gasteiger partial charge in [-0.2, -0.15) is 0 Å². The molecule has 0 saturated heterocycles. The molecular weight excluding hydrogens is 1060 g/mol. The van der Waals surface area contributed by atoms with Crippen LogP contribution in [0.2, 0.25) is 0 Å². The maximum atomic E-state index is 12.6. The monoisotopic (exact) mass is 1120 g/mol. The van der Waals surface area contributed by atoms with E-state index in [2.05, 4.69) is 89.6 Å². The minimum Gasteiger partial charge on any atom is -0.449 e. The smallest absolute Gasteiger partial charge is 0.407 e. The summed E-state index contributed by atoms with van der Waals surface area (Å²) >= 11 is 0. The number of aromatic nitrogens is 2. The Labute approximate surface area is 486 Å². The van der Waals surface area contributed by atoms with Crippen molar-refractivity contribution in [3.8, 4) is 22.3 Å². The third-order valence-electron chi connectivity index (χ3n) is 15.7. The van der Waals surface area contributed by atoms with Crippen molar-refractivity contribution in [2.75, 3.05) is 58.2 Å². The van der Waals surface area contributed by atoms with Gasteiger partial charge in [0, 0.05) is 119 Å². The predicted octanol–water partition coefficient (Wildman–Crippen LogP) is 9.31. The molecule has 18 nitrogen and oxygen atoms in total. The maximum absolute atomic E-state index is 12.6. The number of nitrogen functional groups attached to an aromatic ring is 1. The molecule has 6 N–H and O–H groups in total. The fourth-order valence-corrected chi connectivity index (χ4v) is 11.6. The molecule has 8 aromatic rings. The molecule has 0 radical (unpaired) electrons. The number of hydrogen-bond donors (Lipinski definition) is 5. The van der Waals surface area contributed by atoms with Crippen LogP contribution in [-0.4, -0.2) is 101 Å². The summed E-state index contributed by atoms with van der Waals surface area (Å²) < 4.78 is 11.1. The summed E-state index contributed by atoms with van der Waals surface area (Å²) in [6.45, 7) is 6.16. The number of ether oxygens (including phenoxy) is 2. The van der Waals surface area contributed by atoms with Gasteiger partial charge in [0.15, 0.2) is 0 Å². The number of benzene rings is 6. The zero-order valence-corrected chi connectivity index (χ0v) is 46.3. The first kappa shape index (κ1) is 56.1. The average Bonchev–Trinajstić information content (AvgIpc) is 2.37. The summed E-state index contributed by atoms with van der Waals surface area (Å²) in [5.74, 6) is -0.409. The van der Waals surface area contributed by atoms with Crippen LogP contribution in [0.3, 0.4) is 0 Å². The number of amides is 4. The van der Waals surface area contributed by atoms with Gasteiger partial charge in [0.25, 0.3) is 17.5 Å². The van der Waals surface area contributed by atoms with Crippen LogP contribution in [0, 0.1) is 10.1 Å². The Kier molecular flexibility index (Phi) is 17.4. The Morgan fingerprint density at radius 1 is 0.524 bits per heavy atom. The molecule has 0 spiro atoms. The zero-order chi connectivity index (χ0) is 57.9. The van der Waals surface area contributed by atoms with Crippen molar-refractivity contribution in [2.24, 2.45) is 0 Å². The van der Waals surface area contributed by atoms with E-state index < -0.39 is 17.1 Å². The topological polar surface area (TPSA) is 236 Å². The number of hydrogen-bond acceptors (Lipinski definition) is 13. The molecular formula is C66H64N10O8. The first-order valence-electron chi connectivity index (χ1n) is 28.2. The first-order chi connectivity index (χ1) is 41.0. The molecule has 2 aromatic heterocycles. The number of anilines is 1. The molecule has 0 saturated carbocycles.